The summed E-state index contributed by atoms with van der Waals surface area (Å²) in [5.41, 5.74) is 2.57. The monoisotopic (exact) mass is 532 g/mol. The summed E-state index contributed by atoms with van der Waals surface area (Å²) in [6.07, 6.45) is 2.79. The van der Waals surface area contributed by atoms with Gasteiger partial charge in [0.2, 0.25) is 0 Å². The Morgan fingerprint density at radius 3 is 2.62 bits per heavy atom. The third kappa shape index (κ3) is 5.57. The summed E-state index contributed by atoms with van der Waals surface area (Å²) >= 11 is 0. The maximum Gasteiger partial charge on any atom is 0.325 e. The number of H-pyrrole nitrogens is 2. The van der Waals surface area contributed by atoms with Crippen LogP contribution in [-0.2, 0) is 17.6 Å². The van der Waals surface area contributed by atoms with Gasteiger partial charge in [0.1, 0.15) is 11.5 Å². The topological polar surface area (TPSA) is 156 Å². The van der Waals surface area contributed by atoms with E-state index in [1.807, 2.05) is 25.2 Å². The van der Waals surface area contributed by atoms with Crippen LogP contribution in [0.25, 0.3) is 11.1 Å². The van der Waals surface area contributed by atoms with Crippen LogP contribution >= 0.6 is 0 Å². The minimum atomic E-state index is -0.639. The van der Waals surface area contributed by atoms with Crippen LogP contribution in [0.1, 0.15) is 52.2 Å². The number of fused-ring (bicyclic) bond motifs is 5. The Bertz CT molecular complexity index is 1510. The third-order valence-electron chi connectivity index (χ3n) is 7.88. The molecule has 10 nitrogen and oxygen atoms in total. The van der Waals surface area contributed by atoms with Gasteiger partial charge in [-0.15, -0.1) is 0 Å². The number of hydrogen-bond acceptors (Lipinski definition) is 7. The van der Waals surface area contributed by atoms with Crippen LogP contribution in [0, 0.1) is 0 Å². The lowest BCUT2D eigenvalue weighted by Gasteiger charge is -2.30. The lowest BCUT2D eigenvalue weighted by molar-refractivity contribution is -0.119. The van der Waals surface area contributed by atoms with Gasteiger partial charge in [-0.25, -0.2) is 4.79 Å². The van der Waals surface area contributed by atoms with Crippen molar-refractivity contribution >= 4 is 11.7 Å². The van der Waals surface area contributed by atoms with Crippen LogP contribution in [0.4, 0.5) is 0 Å². The van der Waals surface area contributed by atoms with Crippen molar-refractivity contribution in [1.29, 1.82) is 0 Å². The molecule has 204 valence electrons. The van der Waals surface area contributed by atoms with Gasteiger partial charge in [0.25, 0.3) is 11.5 Å². The first-order valence-corrected chi connectivity index (χ1v) is 13.2. The van der Waals surface area contributed by atoms with Gasteiger partial charge >= 0.3 is 5.69 Å². The maximum atomic E-state index is 13.1. The number of likely N-dealkylation sites (N-methyl/N-ethyl adjacent to an activating group) is 1. The number of nitrogens with one attached hydrogen (secondary N) is 3. The average Bonchev–Trinajstić information content (AvgIpc) is 3.01. The van der Waals surface area contributed by atoms with E-state index in [9.17, 15) is 29.4 Å². The zero-order chi connectivity index (χ0) is 27.7. The van der Waals surface area contributed by atoms with Crippen LogP contribution in [0.5, 0.6) is 5.75 Å². The van der Waals surface area contributed by atoms with Gasteiger partial charge in [-0.1, -0.05) is 30.3 Å². The molecule has 0 aliphatic carbocycles. The second-order valence-corrected chi connectivity index (χ2v) is 10.5. The molecule has 3 atom stereocenters. The SMILES string of the molecule is CN1CC2CC(=O)CC[C@@H](O)[C@H]1Cc1ccc(C(=O)NCCc3ccc(-c4c[nH]c(=O)[nH]c4=O)cc3)c(O)c12. The van der Waals surface area contributed by atoms with Crippen molar-refractivity contribution in [3.8, 4) is 16.9 Å². The first-order chi connectivity index (χ1) is 18.7. The number of Topliss-reactive ketones (excluding diaryl/α,β-unsaturated/α-hetero) is 1. The first-order valence-electron chi connectivity index (χ1n) is 13.2. The number of aliphatic hydroxyl groups is 1. The number of phenols is 1. The minimum absolute atomic E-state index is 0.0476. The zero-order valence-corrected chi connectivity index (χ0v) is 21.7. The predicted molar refractivity (Wildman–Crippen MR) is 145 cm³/mol. The number of carbonyl (C=O) groups excluding carboxylic acids is 2. The van der Waals surface area contributed by atoms with Crippen LogP contribution < -0.4 is 16.6 Å². The maximum absolute atomic E-state index is 13.1. The van der Waals surface area contributed by atoms with Gasteiger partial charge < -0.3 is 20.5 Å². The van der Waals surface area contributed by atoms with Crippen LogP contribution in [0.2, 0.25) is 0 Å². The van der Waals surface area contributed by atoms with Crippen LogP contribution in [0.3, 0.4) is 0 Å². The van der Waals surface area contributed by atoms with Gasteiger partial charge in [0.05, 0.1) is 17.2 Å². The number of aromatic nitrogens is 2. The molecule has 1 saturated heterocycles. The molecule has 10 heteroatoms. The fraction of sp³-hybridized carbons (Fsp3) is 0.379. The Labute approximate surface area is 224 Å². The highest BCUT2D eigenvalue weighted by molar-refractivity contribution is 5.97. The predicted octanol–water partition coefficient (Wildman–Crippen LogP) is 1.46. The van der Waals surface area contributed by atoms with Crippen molar-refractivity contribution in [3.63, 3.8) is 0 Å². The number of carbonyl (C=O) groups is 2. The molecule has 1 unspecified atom stereocenters. The molecule has 3 aromatic rings. The van der Waals surface area contributed by atoms with E-state index < -0.39 is 23.3 Å². The Morgan fingerprint density at radius 1 is 1.10 bits per heavy atom. The van der Waals surface area contributed by atoms with Gasteiger partial charge in [0, 0.05) is 49.7 Å². The molecule has 2 aliphatic rings. The lowest BCUT2D eigenvalue weighted by atomic mass is 9.84. The smallest absolute Gasteiger partial charge is 0.325 e. The number of amides is 1. The number of aromatic hydroxyl groups is 1. The Hall–Kier alpha value is -4.02. The molecule has 2 aliphatic heterocycles. The highest BCUT2D eigenvalue weighted by Crippen LogP contribution is 2.40. The summed E-state index contributed by atoms with van der Waals surface area (Å²) in [7, 11) is 1.93. The van der Waals surface area contributed by atoms with E-state index >= 15 is 0 Å². The summed E-state index contributed by atoms with van der Waals surface area (Å²) < 4.78 is 0. The molecular formula is C29H32N4O6. The summed E-state index contributed by atoms with van der Waals surface area (Å²) in [5.74, 6) is -0.708. The molecule has 2 aromatic carbocycles. The van der Waals surface area contributed by atoms with Crippen molar-refractivity contribution in [2.75, 3.05) is 20.1 Å². The molecule has 1 fully saturated rings. The zero-order valence-electron chi connectivity index (χ0n) is 21.7. The van der Waals surface area contributed by atoms with Crippen molar-refractivity contribution in [2.45, 2.75) is 50.2 Å². The van der Waals surface area contributed by atoms with E-state index in [4.69, 9.17) is 0 Å². The Kier molecular flexibility index (Phi) is 7.49. The quantitative estimate of drug-likeness (QED) is 0.333. The molecule has 5 N–H and O–H groups in total. The largest absolute Gasteiger partial charge is 0.507 e. The normalized spacial score (nSPS) is 21.4. The average molecular weight is 533 g/mol. The van der Waals surface area contributed by atoms with E-state index in [0.29, 0.717) is 55.5 Å². The second kappa shape index (κ2) is 11.0. The summed E-state index contributed by atoms with van der Waals surface area (Å²) in [4.78, 5) is 55.6. The molecule has 0 radical (unpaired) electrons. The highest BCUT2D eigenvalue weighted by Gasteiger charge is 2.36. The molecular weight excluding hydrogens is 500 g/mol. The number of benzene rings is 2. The standard InChI is InChI=1S/C29H32N4O6/c1-33-15-19-12-20(34)7-9-24(35)23(33)13-18-6-8-21(26(36)25(18)19)27(37)30-11-10-16-2-4-17(5-3-16)22-14-31-29(39)32-28(22)38/h2-6,8,14,19,23-24,35-36H,7,9-13,15H2,1H3,(H,30,37)(H2,31,32,38,39)/t19?,23-,24-/m1/s1. The molecule has 1 aromatic heterocycles. The second-order valence-electron chi connectivity index (χ2n) is 10.5. The van der Waals surface area contributed by atoms with Gasteiger partial charge in [-0.3, -0.25) is 24.3 Å². The van der Waals surface area contributed by atoms with E-state index in [2.05, 4.69) is 20.2 Å². The van der Waals surface area contributed by atoms with Crippen molar-refractivity contribution < 1.29 is 19.8 Å². The number of aliphatic hydroxyl groups excluding tert-OH is 1. The highest BCUT2D eigenvalue weighted by atomic mass is 16.3. The summed E-state index contributed by atoms with van der Waals surface area (Å²) in [6, 6.07) is 10.5. The molecule has 1 amide bonds. The fourth-order valence-electron chi connectivity index (χ4n) is 5.79. The molecule has 0 saturated carbocycles. The Morgan fingerprint density at radius 2 is 1.87 bits per heavy atom. The molecule has 3 heterocycles. The summed E-state index contributed by atoms with van der Waals surface area (Å²) in [6.45, 7) is 0.840. The molecule has 5 rings (SSSR count). The molecule has 0 spiro atoms. The number of ketones is 1. The minimum Gasteiger partial charge on any atom is -0.507 e. The van der Waals surface area contributed by atoms with Crippen molar-refractivity contribution in [2.24, 2.45) is 0 Å². The molecule has 39 heavy (non-hydrogen) atoms. The van der Waals surface area contributed by atoms with Crippen molar-refractivity contribution in [3.05, 3.63) is 85.7 Å². The lowest BCUT2D eigenvalue weighted by Crippen LogP contribution is -2.42. The van der Waals surface area contributed by atoms with Crippen LogP contribution in [-0.4, -0.2) is 69.1 Å². The fourth-order valence-corrected chi connectivity index (χ4v) is 5.79. The number of aromatic amines is 2. The van der Waals surface area contributed by atoms with Gasteiger partial charge in [-0.2, -0.15) is 0 Å². The van der Waals surface area contributed by atoms with Crippen molar-refractivity contribution in [1.82, 2.24) is 20.2 Å². The van der Waals surface area contributed by atoms with Crippen LogP contribution in [0.15, 0.2) is 52.2 Å². The van der Waals surface area contributed by atoms with E-state index in [0.717, 1.165) is 11.1 Å². The number of nitrogens with zero attached hydrogens (tertiary/aromatic N) is 1. The van der Waals surface area contributed by atoms with E-state index in [1.165, 1.54) is 6.20 Å². The summed E-state index contributed by atoms with van der Waals surface area (Å²) in [5, 5.41) is 24.8. The van der Waals surface area contributed by atoms with Gasteiger partial charge in [-0.05, 0) is 49.1 Å². The number of phenolic OH excluding ortho intramolecular Hbond substituents is 1. The Balaban J connectivity index is 1.29. The number of rotatable bonds is 5. The third-order valence-corrected chi connectivity index (χ3v) is 7.88. The van der Waals surface area contributed by atoms with Gasteiger partial charge in [0.15, 0.2) is 0 Å². The molecule has 2 bridgehead atoms. The first kappa shape index (κ1) is 26.6. The van der Waals surface area contributed by atoms with E-state index in [1.54, 1.807) is 18.2 Å². The number of hydrogen-bond donors (Lipinski definition) is 5. The van der Waals surface area contributed by atoms with E-state index in [-0.39, 0.29) is 35.5 Å².